The van der Waals surface area contributed by atoms with Crippen LogP contribution in [0.5, 0.6) is 0 Å². The fourth-order valence-corrected chi connectivity index (χ4v) is 7.89. The minimum absolute atomic E-state index is 0.0310. The number of aromatic nitrogens is 4. The first-order valence-corrected chi connectivity index (χ1v) is 18.8. The normalized spacial score (nSPS) is 28.9. The van der Waals surface area contributed by atoms with E-state index < -0.39 is 73.8 Å². The van der Waals surface area contributed by atoms with Crippen LogP contribution in [0, 0.1) is 5.92 Å². The van der Waals surface area contributed by atoms with E-state index in [2.05, 4.69) is 30.8 Å². The van der Waals surface area contributed by atoms with E-state index in [0.29, 0.717) is 37.9 Å². The van der Waals surface area contributed by atoms with Gasteiger partial charge in [0.2, 0.25) is 27.7 Å². The second-order valence-corrected chi connectivity index (χ2v) is 17.3. The quantitative estimate of drug-likeness (QED) is 0.375. The number of tetrazole rings is 1. The number of allylic oxidation sites excluding steroid dienone is 1. The molecule has 5 atom stereocenters. The minimum Gasteiger partial charge on any atom is -0.444 e. The van der Waals surface area contributed by atoms with Crippen LogP contribution in [-0.4, -0.2) is 91.9 Å². The maximum Gasteiger partial charge on any atom is 0.408 e. The van der Waals surface area contributed by atoms with Gasteiger partial charge in [0.15, 0.2) is 0 Å². The van der Waals surface area contributed by atoms with E-state index in [0.717, 1.165) is 18.4 Å². The minimum atomic E-state index is -3.97. The van der Waals surface area contributed by atoms with Gasteiger partial charge in [0, 0.05) is 24.4 Å². The fraction of sp³-hybridized carbons (Fsp3) is 0.618. The summed E-state index contributed by atoms with van der Waals surface area (Å²) >= 11 is 0. The van der Waals surface area contributed by atoms with Gasteiger partial charge in [0.1, 0.15) is 23.2 Å². The van der Waals surface area contributed by atoms with E-state index in [9.17, 15) is 27.6 Å². The molecule has 15 nitrogen and oxygen atoms in total. The molecule has 0 radical (unpaired) electrons. The van der Waals surface area contributed by atoms with Gasteiger partial charge >= 0.3 is 6.09 Å². The smallest absolute Gasteiger partial charge is 0.408 e. The molecule has 0 unspecified atom stereocenters. The Bertz CT molecular complexity index is 1770. The molecule has 6 rings (SSSR count). The van der Waals surface area contributed by atoms with Crippen molar-refractivity contribution in [3.8, 4) is 11.4 Å². The molecule has 270 valence electrons. The average Bonchev–Trinajstić information content (AvgIpc) is 3.81. The van der Waals surface area contributed by atoms with Crippen molar-refractivity contribution < 1.29 is 32.3 Å². The van der Waals surface area contributed by atoms with Crippen LogP contribution in [0.15, 0.2) is 42.5 Å². The third-order valence-electron chi connectivity index (χ3n) is 9.97. The number of alkyl carbamates (subject to hydrolysis) is 1. The number of amides is 4. The lowest BCUT2D eigenvalue weighted by Crippen LogP contribution is -2.58. The summed E-state index contributed by atoms with van der Waals surface area (Å²) < 4.78 is 32.8. The van der Waals surface area contributed by atoms with Gasteiger partial charge in [-0.25, -0.2) is 13.2 Å². The predicted octanol–water partition coefficient (Wildman–Crippen LogP) is 2.77. The first-order chi connectivity index (χ1) is 23.6. The largest absolute Gasteiger partial charge is 0.444 e. The van der Waals surface area contributed by atoms with Crippen molar-refractivity contribution in [1.82, 2.24) is 40.5 Å². The molecule has 0 spiro atoms. The second-order valence-electron chi connectivity index (χ2n) is 15.1. The Balaban J connectivity index is 1.31. The Labute approximate surface area is 292 Å². The number of hydrogen-bond acceptors (Lipinski definition) is 10. The van der Waals surface area contributed by atoms with Crippen LogP contribution >= 0.6 is 0 Å². The van der Waals surface area contributed by atoms with Crippen molar-refractivity contribution in [3.63, 3.8) is 0 Å². The molecule has 1 saturated heterocycles. The molecule has 3 fully saturated rings. The maximum atomic E-state index is 14.4. The number of ether oxygens (including phenoxy) is 1. The van der Waals surface area contributed by atoms with Gasteiger partial charge in [0.05, 0.1) is 10.8 Å². The van der Waals surface area contributed by atoms with Crippen LogP contribution in [0.25, 0.3) is 11.4 Å². The number of nitrogens with one attached hydrogen (secondary N) is 3. The van der Waals surface area contributed by atoms with Crippen molar-refractivity contribution in [2.75, 3.05) is 6.54 Å². The van der Waals surface area contributed by atoms with E-state index in [4.69, 9.17) is 4.74 Å². The Morgan fingerprint density at radius 3 is 2.52 bits per heavy atom. The van der Waals surface area contributed by atoms with Gasteiger partial charge in [0.25, 0.3) is 5.91 Å². The number of rotatable bonds is 6. The zero-order valence-corrected chi connectivity index (χ0v) is 29.7. The van der Waals surface area contributed by atoms with Crippen molar-refractivity contribution in [3.05, 3.63) is 42.5 Å². The molecule has 1 aromatic heterocycles. The topological polar surface area (TPSA) is 195 Å². The summed E-state index contributed by atoms with van der Waals surface area (Å²) in [6.45, 7) is 6.80. The highest BCUT2D eigenvalue weighted by Gasteiger charge is 2.63. The van der Waals surface area contributed by atoms with E-state index in [-0.39, 0.29) is 19.4 Å². The number of carbonyl (C=O) groups excluding carboxylic acids is 4. The van der Waals surface area contributed by atoms with Gasteiger partial charge in [-0.05, 0) is 71.4 Å². The van der Waals surface area contributed by atoms with Crippen LogP contribution in [0.2, 0.25) is 0 Å². The molecule has 4 aliphatic rings. The van der Waals surface area contributed by atoms with Crippen LogP contribution in [0.3, 0.4) is 0 Å². The summed E-state index contributed by atoms with van der Waals surface area (Å²) in [4.78, 5) is 58.1. The maximum absolute atomic E-state index is 14.4. The first kappa shape index (κ1) is 35.5. The SMILES string of the molecule is CC(C)(C)OC(=O)N[C@H]1CCCCC/C=C\[C@@H]2C[C@@]2(C(=O)NS(=O)(=O)C2(C)CC2)NC(=O)[C@@H]2C[C@@H](n3nnc(-c4ccccc4)n3)CN2C1=O. The lowest BCUT2D eigenvalue weighted by molar-refractivity contribution is -0.141. The Hall–Kier alpha value is -4.34. The van der Waals surface area contributed by atoms with Gasteiger partial charge in [-0.15, -0.1) is 10.2 Å². The van der Waals surface area contributed by atoms with Crippen molar-refractivity contribution in [1.29, 1.82) is 0 Å². The molecule has 2 aliphatic carbocycles. The number of nitrogens with zero attached hydrogens (tertiary/aromatic N) is 5. The number of fused-ring (bicyclic) bond motifs is 2. The standard InChI is InChI=1S/C34H46N8O7S/c1-32(2,3)49-31(46)35-25-16-12-7-5-6-11-15-23-20-34(23,30(45)39-50(47,48)33(4)17-18-33)36-28(43)26-19-24(21-41(26)29(25)44)42-38-27(37-40-42)22-13-9-8-10-14-22/h8-11,13-15,23-26H,5-7,12,16-21H2,1-4H3,(H,35,46)(H,36,43)(H,39,45)/b15-11-/t23-,24-,25+,26+,34-/m1/s1. The number of sulfonamides is 1. The highest BCUT2D eigenvalue weighted by molar-refractivity contribution is 7.91. The molecule has 16 heteroatoms. The molecule has 2 aromatic rings. The second kappa shape index (κ2) is 13.4. The Morgan fingerprint density at radius 1 is 1.08 bits per heavy atom. The van der Waals surface area contributed by atoms with Gasteiger partial charge in [-0.3, -0.25) is 19.1 Å². The van der Waals surface area contributed by atoms with E-state index >= 15 is 0 Å². The summed E-state index contributed by atoms with van der Waals surface area (Å²) in [7, 11) is -3.97. The van der Waals surface area contributed by atoms with Gasteiger partial charge in [-0.1, -0.05) is 55.3 Å². The zero-order valence-electron chi connectivity index (χ0n) is 28.9. The van der Waals surface area contributed by atoms with Crippen LogP contribution in [-0.2, 0) is 29.1 Å². The summed E-state index contributed by atoms with van der Waals surface area (Å²) in [5, 5.41) is 18.6. The molecule has 4 amide bonds. The summed E-state index contributed by atoms with van der Waals surface area (Å²) in [5.74, 6) is -1.93. The number of benzene rings is 1. The molecule has 50 heavy (non-hydrogen) atoms. The first-order valence-electron chi connectivity index (χ1n) is 17.3. The lowest BCUT2D eigenvalue weighted by Gasteiger charge is -2.30. The van der Waals surface area contributed by atoms with Crippen LogP contribution in [0.1, 0.15) is 91.5 Å². The number of hydrogen-bond donors (Lipinski definition) is 3. The van der Waals surface area contributed by atoms with Crippen LogP contribution in [0.4, 0.5) is 4.79 Å². The Kier molecular flexibility index (Phi) is 9.52. The molecule has 0 bridgehead atoms. The summed E-state index contributed by atoms with van der Waals surface area (Å²) in [5.41, 5.74) is -1.55. The molecule has 3 heterocycles. The van der Waals surface area contributed by atoms with Crippen molar-refractivity contribution in [2.24, 2.45) is 5.92 Å². The molecule has 2 saturated carbocycles. The van der Waals surface area contributed by atoms with Gasteiger partial charge in [-0.2, -0.15) is 4.80 Å². The monoisotopic (exact) mass is 710 g/mol. The highest BCUT2D eigenvalue weighted by atomic mass is 32.2. The third-order valence-corrected chi connectivity index (χ3v) is 12.1. The fourth-order valence-electron chi connectivity index (χ4n) is 6.58. The number of carbonyl (C=O) groups is 4. The zero-order chi connectivity index (χ0) is 35.9. The van der Waals surface area contributed by atoms with E-state index in [1.807, 2.05) is 42.5 Å². The third kappa shape index (κ3) is 7.54. The highest BCUT2D eigenvalue weighted by Crippen LogP contribution is 2.47. The van der Waals surface area contributed by atoms with E-state index in [1.165, 1.54) is 9.70 Å². The van der Waals surface area contributed by atoms with Crippen molar-refractivity contribution in [2.45, 2.75) is 119 Å². The summed E-state index contributed by atoms with van der Waals surface area (Å²) in [6.07, 6.45) is 7.47. The molecule has 3 N–H and O–H groups in total. The summed E-state index contributed by atoms with van der Waals surface area (Å²) in [6, 6.07) is 6.64. The molecular formula is C34H46N8O7S. The molecule has 1 aromatic carbocycles. The lowest BCUT2D eigenvalue weighted by atomic mass is 10.0. The van der Waals surface area contributed by atoms with E-state index in [1.54, 1.807) is 27.7 Å². The van der Waals surface area contributed by atoms with Crippen LogP contribution < -0.4 is 15.4 Å². The predicted molar refractivity (Wildman–Crippen MR) is 181 cm³/mol. The molecule has 2 aliphatic heterocycles. The molecular weight excluding hydrogens is 664 g/mol. The Morgan fingerprint density at radius 2 is 1.82 bits per heavy atom. The average molecular weight is 711 g/mol. The van der Waals surface area contributed by atoms with Gasteiger partial charge < -0.3 is 20.3 Å². The van der Waals surface area contributed by atoms with Crippen molar-refractivity contribution >= 4 is 33.8 Å².